The molecule has 11 heteroatoms. The van der Waals surface area contributed by atoms with Gasteiger partial charge in [0.05, 0.1) is 17.6 Å². The second-order valence-corrected chi connectivity index (χ2v) is 11.8. The van der Waals surface area contributed by atoms with Gasteiger partial charge in [-0.05, 0) is 57.0 Å². The first-order valence-electron chi connectivity index (χ1n) is 14.3. The molecule has 2 aromatic heterocycles. The van der Waals surface area contributed by atoms with Gasteiger partial charge in [-0.1, -0.05) is 30.3 Å². The molecule has 5 aromatic rings. The molecule has 0 radical (unpaired) electrons. The number of carbonyl (C=O) groups excluding carboxylic acids is 1. The van der Waals surface area contributed by atoms with Crippen LogP contribution < -0.4 is 10.1 Å². The zero-order valence-electron chi connectivity index (χ0n) is 24.9. The Hall–Kier alpha value is -4.77. The second-order valence-electron chi connectivity index (χ2n) is 11.8. The lowest BCUT2D eigenvalue weighted by Gasteiger charge is -2.29. The molecule has 3 aromatic carbocycles. The Morgan fingerprint density at radius 2 is 1.80 bits per heavy atom. The number of rotatable bonds is 1. The van der Waals surface area contributed by atoms with E-state index in [-0.39, 0.29) is 36.1 Å². The maximum atomic E-state index is 15.5. The molecule has 2 N–H and O–H groups in total. The summed E-state index contributed by atoms with van der Waals surface area (Å²) in [5.74, 6) is -0.483. The molecule has 44 heavy (non-hydrogen) atoms. The van der Waals surface area contributed by atoms with Gasteiger partial charge in [0, 0.05) is 47.9 Å². The lowest BCUT2D eigenvalue weighted by Crippen LogP contribution is -2.44. The summed E-state index contributed by atoms with van der Waals surface area (Å²) in [7, 11) is 1.69. The van der Waals surface area contributed by atoms with Gasteiger partial charge in [-0.15, -0.1) is 0 Å². The first-order chi connectivity index (χ1) is 21.0. The molecule has 228 valence electrons. The number of H-pyrrole nitrogens is 1. The van der Waals surface area contributed by atoms with Crippen LogP contribution >= 0.6 is 0 Å². The highest BCUT2D eigenvalue weighted by molar-refractivity contribution is 5.86. The van der Waals surface area contributed by atoms with Crippen LogP contribution in [0.3, 0.4) is 0 Å². The molecule has 4 bridgehead atoms. The summed E-state index contributed by atoms with van der Waals surface area (Å²) >= 11 is 0. The predicted molar refractivity (Wildman–Crippen MR) is 160 cm³/mol. The molecule has 1 atom stereocenters. The highest BCUT2D eigenvalue weighted by atomic mass is 19.1. The zero-order chi connectivity index (χ0) is 31.1. The van der Waals surface area contributed by atoms with Crippen molar-refractivity contribution in [3.05, 3.63) is 95.4 Å². The van der Waals surface area contributed by atoms with Crippen LogP contribution in [0.25, 0.3) is 22.3 Å². The molecule has 0 fully saturated rings. The number of hydrogen-bond donors (Lipinski definition) is 2. The summed E-state index contributed by atoms with van der Waals surface area (Å²) in [6.07, 6.45) is 1.46. The summed E-state index contributed by atoms with van der Waals surface area (Å²) in [6, 6.07) is 16.9. The highest BCUT2D eigenvalue weighted by Crippen LogP contribution is 2.38. The lowest BCUT2D eigenvalue weighted by molar-refractivity contribution is 0.0789. The Kier molecular flexibility index (Phi) is 7.58. The molecule has 1 amide bonds. The number of hydrogen-bond acceptors (Lipinski definition) is 6. The van der Waals surface area contributed by atoms with Crippen LogP contribution in [0, 0.1) is 11.6 Å². The Labute approximate surface area is 253 Å². The van der Waals surface area contributed by atoms with Crippen molar-refractivity contribution < 1.29 is 27.8 Å². The van der Waals surface area contributed by atoms with E-state index >= 15 is 8.78 Å². The van der Waals surface area contributed by atoms with Crippen molar-refractivity contribution in [2.75, 3.05) is 13.2 Å². The van der Waals surface area contributed by atoms with E-state index in [1.54, 1.807) is 19.3 Å². The second kappa shape index (κ2) is 11.4. The van der Waals surface area contributed by atoms with E-state index < -0.39 is 28.7 Å². The summed E-state index contributed by atoms with van der Waals surface area (Å²) in [6.45, 7) is 5.99. The number of aromatic amines is 1. The number of ether oxygens (including phenoxy) is 3. The first kappa shape index (κ1) is 29.3. The van der Waals surface area contributed by atoms with Crippen LogP contribution in [-0.2, 0) is 28.5 Å². The van der Waals surface area contributed by atoms with E-state index in [9.17, 15) is 4.79 Å². The topological polar surface area (TPSA) is 103 Å². The molecular weight excluding hydrogens is 568 g/mol. The number of halogens is 2. The molecule has 0 saturated heterocycles. The smallest absolute Gasteiger partial charge is 0.407 e. The van der Waals surface area contributed by atoms with Gasteiger partial charge in [-0.3, -0.25) is 0 Å². The molecular formula is C33H33F2N5O4. The fourth-order valence-electron chi connectivity index (χ4n) is 5.39. The number of fused-ring (bicyclic) bond motifs is 8. The highest BCUT2D eigenvalue weighted by Gasteiger charge is 2.35. The largest absolute Gasteiger partial charge is 0.454 e. The third-order valence-electron chi connectivity index (χ3n) is 7.98. The van der Waals surface area contributed by atoms with Gasteiger partial charge in [-0.25, -0.2) is 23.2 Å². The van der Waals surface area contributed by atoms with Gasteiger partial charge in [0.1, 0.15) is 18.2 Å². The number of benzene rings is 3. The minimum Gasteiger partial charge on any atom is -0.454 e. The Bertz CT molecular complexity index is 1840. The molecule has 1 aliphatic heterocycles. The fraction of sp³-hybridized carbons (Fsp3) is 0.303. The Balaban J connectivity index is 1.48. The lowest BCUT2D eigenvalue weighted by atomic mass is 9.82. The minimum absolute atomic E-state index is 0.125. The monoisotopic (exact) mass is 601 g/mol. The predicted octanol–water partition coefficient (Wildman–Crippen LogP) is 6.77. The number of alkyl carbamates (subject to hydrolysis) is 1. The van der Waals surface area contributed by atoms with Crippen LogP contribution in [-0.4, -0.2) is 44.6 Å². The fourth-order valence-corrected chi connectivity index (χ4v) is 5.39. The van der Waals surface area contributed by atoms with Gasteiger partial charge in [0.2, 0.25) is 0 Å². The van der Waals surface area contributed by atoms with Crippen molar-refractivity contribution in [1.82, 2.24) is 25.1 Å². The standard InChI is InChI=1S/C33H33F2N5O4/c1-32(2)13-15-42-19-33(3,20-8-6-5-7-9-20)30-37-29(40(4)39-30)23-16-21(10-11-25(23)34)44-28-24(18-43-31(41)38-32)22-12-14-36-27(22)17-26(28)35/h5-12,14,16-17,36H,13,15,18-19H2,1-4H3,(H,38,41). The van der Waals surface area contributed by atoms with Crippen molar-refractivity contribution in [2.45, 2.75) is 44.8 Å². The molecule has 0 spiro atoms. The zero-order valence-corrected chi connectivity index (χ0v) is 24.9. The van der Waals surface area contributed by atoms with Crippen molar-refractivity contribution in [2.24, 2.45) is 7.05 Å². The van der Waals surface area contributed by atoms with Gasteiger partial charge >= 0.3 is 6.09 Å². The molecule has 6 rings (SSSR count). The average Bonchev–Trinajstić information content (AvgIpc) is 3.62. The van der Waals surface area contributed by atoms with Gasteiger partial charge in [0.25, 0.3) is 0 Å². The normalized spacial score (nSPS) is 19.1. The number of amides is 1. The Morgan fingerprint density at radius 3 is 2.59 bits per heavy atom. The van der Waals surface area contributed by atoms with Crippen molar-refractivity contribution in [3.63, 3.8) is 0 Å². The quantitative estimate of drug-likeness (QED) is 0.220. The number of aromatic nitrogens is 4. The minimum atomic E-state index is -0.786. The molecule has 0 aliphatic carbocycles. The van der Waals surface area contributed by atoms with Crippen LogP contribution in [0.1, 0.15) is 44.1 Å². The molecule has 3 heterocycles. The average molecular weight is 602 g/mol. The maximum Gasteiger partial charge on any atom is 0.407 e. The van der Waals surface area contributed by atoms with E-state index in [0.29, 0.717) is 35.3 Å². The summed E-state index contributed by atoms with van der Waals surface area (Å²) in [5, 5.41) is 8.20. The van der Waals surface area contributed by atoms with Gasteiger partial charge < -0.3 is 24.5 Å². The molecule has 9 nitrogen and oxygen atoms in total. The molecule has 0 saturated carbocycles. The van der Waals surface area contributed by atoms with Crippen LogP contribution in [0.4, 0.5) is 13.6 Å². The molecule has 1 aliphatic rings. The van der Waals surface area contributed by atoms with Crippen LogP contribution in [0.2, 0.25) is 0 Å². The third kappa shape index (κ3) is 5.62. The van der Waals surface area contributed by atoms with E-state index in [2.05, 4.69) is 10.3 Å². The van der Waals surface area contributed by atoms with Crippen molar-refractivity contribution >= 4 is 17.0 Å². The number of nitrogens with one attached hydrogen (secondary N) is 2. The number of aryl methyl sites for hydroxylation is 1. The van der Waals surface area contributed by atoms with E-state index in [0.717, 1.165) is 5.56 Å². The first-order valence-corrected chi connectivity index (χ1v) is 14.3. The molecule has 1 unspecified atom stereocenters. The van der Waals surface area contributed by atoms with Gasteiger partial charge in [0.15, 0.2) is 23.2 Å². The third-order valence-corrected chi connectivity index (χ3v) is 7.98. The van der Waals surface area contributed by atoms with Crippen LogP contribution in [0.15, 0.2) is 66.9 Å². The SMILES string of the molecule is Cn1nc2nc1-c1cc(ccc1F)Oc1c(F)cc3[nH]ccc3c1COC(=O)NC(C)(C)CCOCC2(C)c1ccccc1. The maximum absolute atomic E-state index is 15.5. The summed E-state index contributed by atoms with van der Waals surface area (Å²) in [5.41, 5.74) is 0.412. The number of nitrogens with zero attached hydrogens (tertiary/aromatic N) is 3. The van der Waals surface area contributed by atoms with E-state index in [4.69, 9.17) is 24.3 Å². The summed E-state index contributed by atoms with van der Waals surface area (Å²) < 4.78 is 50.2. The van der Waals surface area contributed by atoms with Crippen molar-refractivity contribution in [3.8, 4) is 22.9 Å². The van der Waals surface area contributed by atoms with Crippen LogP contribution in [0.5, 0.6) is 11.5 Å². The Morgan fingerprint density at radius 1 is 1.00 bits per heavy atom. The van der Waals surface area contributed by atoms with E-state index in [1.807, 2.05) is 51.1 Å². The van der Waals surface area contributed by atoms with E-state index in [1.165, 1.54) is 28.9 Å². The number of carbonyl (C=O) groups is 1. The number of cyclic esters (lactones) is 1. The van der Waals surface area contributed by atoms with Gasteiger partial charge in [-0.2, -0.15) is 5.10 Å². The van der Waals surface area contributed by atoms with Crippen molar-refractivity contribution in [1.29, 1.82) is 0 Å². The summed E-state index contributed by atoms with van der Waals surface area (Å²) in [4.78, 5) is 20.7.